The number of nitrogens with one attached hydrogen (secondary N) is 2. The third-order valence-corrected chi connectivity index (χ3v) is 3.65. The number of fused-ring (bicyclic) bond motifs is 1. The molecule has 0 aliphatic rings. The maximum Gasteiger partial charge on any atom is 0.257 e. The first-order chi connectivity index (χ1) is 9.65. The highest BCUT2D eigenvalue weighted by Gasteiger charge is 2.12. The summed E-state index contributed by atoms with van der Waals surface area (Å²) in [6, 6.07) is 12.0. The number of carbonyl (C=O) groups is 1. The van der Waals surface area contributed by atoms with Gasteiger partial charge in [0.2, 0.25) is 0 Å². The smallest absolute Gasteiger partial charge is 0.257 e. The van der Waals surface area contributed by atoms with Gasteiger partial charge in [-0.05, 0) is 40.2 Å². The summed E-state index contributed by atoms with van der Waals surface area (Å²) in [4.78, 5) is 15.3. The predicted molar refractivity (Wildman–Crippen MR) is 80.4 cm³/mol. The van der Waals surface area contributed by atoms with Crippen LogP contribution in [0.5, 0.6) is 0 Å². The zero-order chi connectivity index (χ0) is 14.1. The van der Waals surface area contributed by atoms with Crippen molar-refractivity contribution < 1.29 is 9.18 Å². The van der Waals surface area contributed by atoms with Crippen LogP contribution in [0, 0.1) is 5.82 Å². The quantitative estimate of drug-likeness (QED) is 0.721. The minimum atomic E-state index is -0.415. The molecule has 1 amide bonds. The summed E-state index contributed by atoms with van der Waals surface area (Å²) < 4.78 is 13.8. The van der Waals surface area contributed by atoms with E-state index in [2.05, 4.69) is 26.2 Å². The Morgan fingerprint density at radius 2 is 2.00 bits per heavy atom. The second-order valence-electron chi connectivity index (χ2n) is 4.33. The van der Waals surface area contributed by atoms with E-state index < -0.39 is 5.82 Å². The van der Waals surface area contributed by atoms with Crippen molar-refractivity contribution in [1.29, 1.82) is 0 Å². The van der Waals surface area contributed by atoms with Crippen LogP contribution in [0.25, 0.3) is 10.9 Å². The summed E-state index contributed by atoms with van der Waals surface area (Å²) in [6.07, 6.45) is 1.65. The molecule has 2 aromatic carbocycles. The molecule has 0 fully saturated rings. The van der Waals surface area contributed by atoms with Gasteiger partial charge in [0.15, 0.2) is 0 Å². The lowest BCUT2D eigenvalue weighted by Crippen LogP contribution is -2.11. The number of amides is 1. The molecule has 100 valence electrons. The van der Waals surface area contributed by atoms with Crippen molar-refractivity contribution in [1.82, 2.24) is 4.98 Å². The SMILES string of the molecule is O=C(Nc1ccc(Br)c(F)c1)c1c[nH]c2ccccc12. The van der Waals surface area contributed by atoms with Gasteiger partial charge in [0.25, 0.3) is 5.91 Å². The van der Waals surface area contributed by atoms with Crippen molar-refractivity contribution >= 4 is 38.4 Å². The fraction of sp³-hybridized carbons (Fsp3) is 0. The van der Waals surface area contributed by atoms with Crippen LogP contribution in [0.15, 0.2) is 53.1 Å². The normalized spacial score (nSPS) is 10.7. The molecule has 1 aromatic heterocycles. The van der Waals surface area contributed by atoms with Gasteiger partial charge in [-0.1, -0.05) is 18.2 Å². The van der Waals surface area contributed by atoms with Crippen molar-refractivity contribution in [2.75, 3.05) is 5.32 Å². The van der Waals surface area contributed by atoms with Gasteiger partial charge in [0.05, 0.1) is 10.0 Å². The minimum absolute atomic E-state index is 0.274. The van der Waals surface area contributed by atoms with Gasteiger partial charge in [-0.3, -0.25) is 4.79 Å². The molecule has 0 spiro atoms. The van der Waals surface area contributed by atoms with Gasteiger partial charge < -0.3 is 10.3 Å². The average molecular weight is 333 g/mol. The Morgan fingerprint density at radius 3 is 2.80 bits per heavy atom. The number of hydrogen-bond acceptors (Lipinski definition) is 1. The number of carbonyl (C=O) groups excluding carboxylic acids is 1. The van der Waals surface area contributed by atoms with Crippen molar-refractivity contribution in [2.45, 2.75) is 0 Å². The van der Waals surface area contributed by atoms with E-state index in [1.54, 1.807) is 18.3 Å². The molecule has 3 rings (SSSR count). The number of halogens is 2. The number of H-pyrrole nitrogens is 1. The Bertz CT molecular complexity index is 797. The Morgan fingerprint density at radius 1 is 1.20 bits per heavy atom. The lowest BCUT2D eigenvalue weighted by Gasteiger charge is -2.05. The molecule has 0 unspecified atom stereocenters. The zero-order valence-electron chi connectivity index (χ0n) is 10.3. The zero-order valence-corrected chi connectivity index (χ0v) is 11.9. The number of anilines is 1. The lowest BCUT2D eigenvalue weighted by molar-refractivity contribution is 0.102. The highest BCUT2D eigenvalue weighted by atomic mass is 79.9. The Labute approximate surface area is 122 Å². The van der Waals surface area contributed by atoms with Crippen LogP contribution >= 0.6 is 15.9 Å². The van der Waals surface area contributed by atoms with E-state index in [9.17, 15) is 9.18 Å². The lowest BCUT2D eigenvalue weighted by atomic mass is 10.1. The molecule has 0 atom stereocenters. The first kappa shape index (κ1) is 12.9. The number of benzene rings is 2. The fourth-order valence-electron chi connectivity index (χ4n) is 2.03. The molecule has 3 nitrogen and oxygen atoms in total. The third-order valence-electron chi connectivity index (χ3n) is 3.01. The minimum Gasteiger partial charge on any atom is -0.360 e. The largest absolute Gasteiger partial charge is 0.360 e. The Hall–Kier alpha value is -2.14. The van der Waals surface area contributed by atoms with E-state index in [1.807, 2.05) is 24.3 Å². The third kappa shape index (κ3) is 2.32. The van der Waals surface area contributed by atoms with Gasteiger partial charge in [-0.15, -0.1) is 0 Å². The van der Waals surface area contributed by atoms with Crippen LogP contribution < -0.4 is 5.32 Å². The van der Waals surface area contributed by atoms with Crippen molar-refractivity contribution in [3.05, 3.63) is 64.5 Å². The van der Waals surface area contributed by atoms with E-state index in [1.165, 1.54) is 6.07 Å². The summed E-state index contributed by atoms with van der Waals surface area (Å²) in [5.41, 5.74) is 1.84. The fourth-order valence-corrected chi connectivity index (χ4v) is 2.28. The first-order valence-electron chi connectivity index (χ1n) is 5.97. The summed E-state index contributed by atoms with van der Waals surface area (Å²) in [5, 5.41) is 3.52. The number of rotatable bonds is 2. The van der Waals surface area contributed by atoms with Crippen LogP contribution in [0.3, 0.4) is 0 Å². The van der Waals surface area contributed by atoms with Crippen LogP contribution in [-0.2, 0) is 0 Å². The van der Waals surface area contributed by atoms with E-state index in [0.717, 1.165) is 10.9 Å². The molecule has 1 heterocycles. The molecular weight excluding hydrogens is 323 g/mol. The van der Waals surface area contributed by atoms with Crippen molar-refractivity contribution in [3.63, 3.8) is 0 Å². The molecule has 0 aliphatic carbocycles. The van der Waals surface area contributed by atoms with Crippen LogP contribution in [0.1, 0.15) is 10.4 Å². The van der Waals surface area contributed by atoms with E-state index in [-0.39, 0.29) is 5.91 Å². The Kier molecular flexibility index (Phi) is 3.28. The van der Waals surface area contributed by atoms with Gasteiger partial charge in [-0.25, -0.2) is 4.39 Å². The number of hydrogen-bond donors (Lipinski definition) is 2. The predicted octanol–water partition coefficient (Wildman–Crippen LogP) is 4.32. The monoisotopic (exact) mass is 332 g/mol. The van der Waals surface area contributed by atoms with Crippen LogP contribution in [0.2, 0.25) is 0 Å². The highest BCUT2D eigenvalue weighted by molar-refractivity contribution is 9.10. The van der Waals surface area contributed by atoms with Gasteiger partial charge in [-0.2, -0.15) is 0 Å². The summed E-state index contributed by atoms with van der Waals surface area (Å²) in [5.74, 6) is -0.689. The standard InChI is InChI=1S/C15H10BrFN2O/c16-12-6-5-9(7-13(12)17)19-15(20)11-8-18-14-4-2-1-3-10(11)14/h1-8,18H,(H,19,20). The molecule has 0 saturated carbocycles. The van der Waals surface area contributed by atoms with Crippen LogP contribution in [0.4, 0.5) is 10.1 Å². The summed E-state index contributed by atoms with van der Waals surface area (Å²) in [7, 11) is 0. The second-order valence-corrected chi connectivity index (χ2v) is 5.19. The van der Waals surface area contributed by atoms with Crippen molar-refractivity contribution in [3.8, 4) is 0 Å². The molecule has 0 aliphatic heterocycles. The van der Waals surface area contributed by atoms with Crippen LogP contribution in [-0.4, -0.2) is 10.9 Å². The van der Waals surface area contributed by atoms with Gasteiger partial charge in [0.1, 0.15) is 5.82 Å². The molecular formula is C15H10BrFN2O. The molecule has 5 heteroatoms. The molecule has 20 heavy (non-hydrogen) atoms. The topological polar surface area (TPSA) is 44.9 Å². The molecule has 2 N–H and O–H groups in total. The summed E-state index contributed by atoms with van der Waals surface area (Å²) in [6.45, 7) is 0. The van der Waals surface area contributed by atoms with E-state index in [0.29, 0.717) is 15.7 Å². The summed E-state index contributed by atoms with van der Waals surface area (Å²) >= 11 is 3.07. The number of aromatic amines is 1. The first-order valence-corrected chi connectivity index (χ1v) is 6.77. The van der Waals surface area contributed by atoms with Crippen molar-refractivity contribution in [2.24, 2.45) is 0 Å². The average Bonchev–Trinajstić information content (AvgIpc) is 2.87. The maximum atomic E-state index is 13.4. The molecule has 0 bridgehead atoms. The number of para-hydroxylation sites is 1. The molecule has 3 aromatic rings. The molecule has 0 radical (unpaired) electrons. The van der Waals surface area contributed by atoms with E-state index >= 15 is 0 Å². The maximum absolute atomic E-state index is 13.4. The van der Waals surface area contributed by atoms with Gasteiger partial charge in [0, 0.05) is 22.8 Å². The highest BCUT2D eigenvalue weighted by Crippen LogP contribution is 2.22. The number of aromatic nitrogens is 1. The second kappa shape index (κ2) is 5.09. The Balaban J connectivity index is 1.91. The van der Waals surface area contributed by atoms with Gasteiger partial charge >= 0.3 is 0 Å². The molecule has 0 saturated heterocycles. The van der Waals surface area contributed by atoms with E-state index in [4.69, 9.17) is 0 Å².